The van der Waals surface area contributed by atoms with Crippen molar-refractivity contribution in [2.24, 2.45) is 0 Å². The fourth-order valence-corrected chi connectivity index (χ4v) is 7.25. The number of aryl methyl sites for hydroxylation is 2. The van der Waals surface area contributed by atoms with Crippen LogP contribution in [0.2, 0.25) is 0 Å². The number of anilines is 2. The van der Waals surface area contributed by atoms with Gasteiger partial charge in [0, 0.05) is 0 Å². The Morgan fingerprint density at radius 3 is 2.45 bits per heavy atom. The highest BCUT2D eigenvalue weighted by atomic mass is 31.3. The van der Waals surface area contributed by atoms with Gasteiger partial charge in [0.2, 0.25) is 17.2 Å². The highest BCUT2D eigenvalue weighted by Crippen LogP contribution is 2.61. The van der Waals surface area contributed by atoms with Gasteiger partial charge < -0.3 is 50.6 Å². The van der Waals surface area contributed by atoms with Crippen molar-refractivity contribution < 1.29 is 76.7 Å². The SMILES string of the molecule is Cc1cc2nc3c([n+](C[C@H](O)[C@H](O)[C@H](O)COP(=O)(O)OP(=O)(O)OCc4oc(-n5cnc6c(N)ncnc65)c(O)c4O)c2cc1C)N[C@H](O)NC3=O. The van der Waals surface area contributed by atoms with Gasteiger partial charge in [-0.15, -0.1) is 0 Å². The molecule has 0 bridgehead atoms. The third kappa shape index (κ3) is 7.65. The highest BCUT2D eigenvalue weighted by molar-refractivity contribution is 7.61. The minimum atomic E-state index is -5.55. The lowest BCUT2D eigenvalue weighted by Gasteiger charge is -2.25. The molecule has 5 heterocycles. The minimum Gasteiger partial charge on any atom is -0.502 e. The van der Waals surface area contributed by atoms with Gasteiger partial charge in [0.05, 0.1) is 6.61 Å². The molecule has 0 saturated heterocycles. The van der Waals surface area contributed by atoms with E-state index in [0.717, 1.165) is 28.3 Å². The van der Waals surface area contributed by atoms with Crippen molar-refractivity contribution in [3.63, 3.8) is 0 Å². The second kappa shape index (κ2) is 14.2. The first kappa shape index (κ1) is 37.9. The number of nitrogens with one attached hydrogen (secondary N) is 2. The Kier molecular flexibility index (Phi) is 10.1. The molecule has 1 aromatic carbocycles. The van der Waals surface area contributed by atoms with E-state index in [0.29, 0.717) is 11.0 Å². The molecule has 0 saturated carbocycles. The summed E-state index contributed by atoms with van der Waals surface area (Å²) in [6.07, 6.45) is -5.35. The maximum absolute atomic E-state index is 12.6. The number of aromatic nitrogens is 6. The van der Waals surface area contributed by atoms with Gasteiger partial charge in [-0.05, 0) is 37.1 Å². The Morgan fingerprint density at radius 1 is 1.02 bits per heavy atom. The van der Waals surface area contributed by atoms with Gasteiger partial charge in [-0.25, -0.2) is 43.5 Å². The van der Waals surface area contributed by atoms with Crippen LogP contribution in [0, 0.1) is 13.8 Å². The smallest absolute Gasteiger partial charge is 0.481 e. The third-order valence-electron chi connectivity index (χ3n) is 7.99. The summed E-state index contributed by atoms with van der Waals surface area (Å²) < 4.78 is 46.2. The van der Waals surface area contributed by atoms with Crippen LogP contribution >= 0.6 is 15.6 Å². The number of furan rings is 1. The van der Waals surface area contributed by atoms with Gasteiger partial charge in [0.1, 0.15) is 49.6 Å². The Morgan fingerprint density at radius 2 is 1.72 bits per heavy atom. The van der Waals surface area contributed by atoms with Crippen LogP contribution in [0.1, 0.15) is 27.4 Å². The van der Waals surface area contributed by atoms with Crippen LogP contribution in [0.5, 0.6) is 11.5 Å². The first-order valence-electron chi connectivity index (χ1n) is 15.1. The van der Waals surface area contributed by atoms with Crippen LogP contribution in [-0.2, 0) is 35.6 Å². The number of nitrogens with two attached hydrogens (primary N) is 1. The van der Waals surface area contributed by atoms with E-state index >= 15 is 0 Å². The zero-order chi connectivity index (χ0) is 38.6. The Labute approximate surface area is 295 Å². The number of amides is 1. The molecule has 0 fully saturated rings. The van der Waals surface area contributed by atoms with E-state index in [1.807, 2.05) is 6.92 Å². The molecule has 53 heavy (non-hydrogen) atoms. The minimum absolute atomic E-state index is 0.00316. The summed E-state index contributed by atoms with van der Waals surface area (Å²) in [7, 11) is -11.1. The molecule has 0 aliphatic carbocycles. The molecule has 1 amide bonds. The lowest BCUT2D eigenvalue weighted by Crippen LogP contribution is -2.55. The molecule has 6 atom stereocenters. The number of rotatable bonds is 13. The summed E-state index contributed by atoms with van der Waals surface area (Å²) in [5.74, 6) is -3.66. The first-order valence-corrected chi connectivity index (χ1v) is 18.1. The predicted molar refractivity (Wildman–Crippen MR) is 175 cm³/mol. The van der Waals surface area contributed by atoms with Crippen molar-refractivity contribution in [1.29, 1.82) is 0 Å². The number of carbonyl (C=O) groups is 1. The number of aromatic hydroxyl groups is 2. The largest absolute Gasteiger partial charge is 0.502 e. The molecule has 6 rings (SSSR count). The molecular weight excluding hydrogens is 752 g/mol. The van der Waals surface area contributed by atoms with Crippen molar-refractivity contribution in [2.75, 3.05) is 17.7 Å². The van der Waals surface area contributed by atoms with E-state index in [1.54, 1.807) is 19.1 Å². The van der Waals surface area contributed by atoms with Gasteiger partial charge in [-0.3, -0.25) is 19.2 Å². The number of phosphoric acid groups is 2. The second-order valence-electron chi connectivity index (χ2n) is 11.7. The summed E-state index contributed by atoms with van der Waals surface area (Å²) >= 11 is 0. The van der Waals surface area contributed by atoms with E-state index in [1.165, 1.54) is 4.57 Å². The number of nitrogen functional groups attached to an aromatic ring is 1. The summed E-state index contributed by atoms with van der Waals surface area (Å²) in [6, 6.07) is 3.37. The molecule has 1 aliphatic heterocycles. The second-order valence-corrected chi connectivity index (χ2v) is 14.7. The monoisotopic (exact) mass is 784 g/mol. The lowest BCUT2D eigenvalue weighted by molar-refractivity contribution is -0.667. The van der Waals surface area contributed by atoms with E-state index in [4.69, 9.17) is 10.2 Å². The molecule has 0 radical (unpaired) electrons. The van der Waals surface area contributed by atoms with Gasteiger partial charge in [0.15, 0.2) is 28.3 Å². The molecule has 4 aromatic heterocycles. The molecule has 1 aliphatic rings. The molecule has 12 N–H and O–H groups in total. The summed E-state index contributed by atoms with van der Waals surface area (Å²) in [6.45, 7) is 0.754. The Bertz CT molecular complexity index is 2340. The molecule has 26 heteroatoms. The molecule has 2 unspecified atom stereocenters. The van der Waals surface area contributed by atoms with E-state index in [-0.39, 0.29) is 28.5 Å². The average molecular weight is 785 g/mol. The molecule has 284 valence electrons. The van der Waals surface area contributed by atoms with Crippen LogP contribution in [0.4, 0.5) is 11.6 Å². The molecule has 24 nitrogen and oxygen atoms in total. The van der Waals surface area contributed by atoms with Crippen LogP contribution in [0.25, 0.3) is 28.1 Å². The summed E-state index contributed by atoms with van der Waals surface area (Å²) in [4.78, 5) is 48.8. The topological polar surface area (TPSA) is 364 Å². The number of carbonyl (C=O) groups excluding carboxylic acids is 1. The summed E-state index contributed by atoms with van der Waals surface area (Å²) in [5, 5.41) is 67.7. The van der Waals surface area contributed by atoms with E-state index in [9.17, 15) is 54.4 Å². The van der Waals surface area contributed by atoms with Crippen molar-refractivity contribution in [3.8, 4) is 17.4 Å². The molecule has 5 aromatic rings. The zero-order valence-electron chi connectivity index (χ0n) is 27.3. The van der Waals surface area contributed by atoms with E-state index < -0.39 is 89.1 Å². The Balaban J connectivity index is 1.09. The third-order valence-corrected chi connectivity index (χ3v) is 10.6. The number of hydrogen-bond donors (Lipinski definition) is 11. The van der Waals surface area contributed by atoms with Gasteiger partial charge >= 0.3 is 21.5 Å². The molecule has 0 spiro atoms. The van der Waals surface area contributed by atoms with Crippen LogP contribution in [0.3, 0.4) is 0 Å². The van der Waals surface area contributed by atoms with Crippen molar-refractivity contribution in [2.45, 2.75) is 51.7 Å². The lowest BCUT2D eigenvalue weighted by atomic mass is 10.1. The number of nitrogens with zero attached hydrogens (tertiary/aromatic N) is 6. The fraction of sp³-hybridized carbons (Fsp3) is 0.333. The van der Waals surface area contributed by atoms with Gasteiger partial charge in [0.25, 0.3) is 18.1 Å². The van der Waals surface area contributed by atoms with Crippen molar-refractivity contribution >= 4 is 55.4 Å². The zero-order valence-corrected chi connectivity index (χ0v) is 29.1. The number of aliphatic hydroxyl groups is 4. The number of hydrogen-bond acceptors (Lipinski definition) is 19. The van der Waals surface area contributed by atoms with Crippen LogP contribution in [0.15, 0.2) is 29.2 Å². The summed E-state index contributed by atoms with van der Waals surface area (Å²) in [5.41, 5.74) is 8.10. The number of aliphatic hydroxyl groups excluding tert-OH is 4. The maximum atomic E-state index is 12.6. The van der Waals surface area contributed by atoms with Gasteiger partial charge in [-0.2, -0.15) is 4.31 Å². The number of phosphoric ester groups is 2. The fourth-order valence-electron chi connectivity index (χ4n) is 5.21. The molecular formula is C27H32N9O15P2+. The standard InChI is InChI=1S/C27H31N9O15P2/c1-10-3-12-13(4-11(10)2)35(24-18(32-12)25(42)34-27(43)33-24)5-14(37)19(39)15(38)6-48-52(44,45)51-53(46,47)49-7-16-20(40)21(41)26(50-16)36-9-31-17-22(28)29-8-30-23(17)36/h3-4,8-9,14-15,19,27,37-39,43H,5-7H2,1-2H3,(H7,28,29,30,34,40,41,42,44,45,46,47)/p+1/t14-,15+,19-,27-/m0/s1. The van der Waals surface area contributed by atoms with Crippen LogP contribution < -0.4 is 20.9 Å². The number of benzene rings is 1. The van der Waals surface area contributed by atoms with Crippen LogP contribution in [-0.4, -0.2) is 102 Å². The van der Waals surface area contributed by atoms with Crippen molar-refractivity contribution in [1.82, 2.24) is 29.8 Å². The quantitative estimate of drug-likeness (QED) is 0.0494. The Hall–Kier alpha value is -4.84. The maximum Gasteiger partial charge on any atom is 0.481 e. The average Bonchev–Trinajstić information content (AvgIpc) is 3.63. The van der Waals surface area contributed by atoms with Gasteiger partial charge in [-0.1, -0.05) is 0 Å². The predicted octanol–water partition coefficient (Wildman–Crippen LogP) is -1.18. The number of fused-ring (bicyclic) bond motifs is 3. The number of imidazole rings is 1. The first-order chi connectivity index (χ1) is 24.9. The van der Waals surface area contributed by atoms with Crippen molar-refractivity contribution in [3.05, 3.63) is 47.4 Å². The van der Waals surface area contributed by atoms with E-state index in [2.05, 4.69) is 43.9 Å². The highest BCUT2D eigenvalue weighted by Gasteiger charge is 2.40. The normalized spacial score (nSPS) is 18.5.